The number of hydrogen-bond donors (Lipinski definition) is 2. The molecule has 0 bridgehead atoms. The van der Waals surface area contributed by atoms with Gasteiger partial charge in [0.2, 0.25) is 5.91 Å². The van der Waals surface area contributed by atoms with Gasteiger partial charge < -0.3 is 10.6 Å². The lowest BCUT2D eigenvalue weighted by Gasteiger charge is -2.15. The van der Waals surface area contributed by atoms with Crippen LogP contribution in [-0.4, -0.2) is 23.6 Å². The van der Waals surface area contributed by atoms with Crippen molar-refractivity contribution in [2.24, 2.45) is 0 Å². The third kappa shape index (κ3) is 7.95. The lowest BCUT2D eigenvalue weighted by atomic mass is 10.1. The first-order valence-electron chi connectivity index (χ1n) is 10.9. The molecule has 4 nitrogen and oxygen atoms in total. The minimum absolute atomic E-state index is 0.0703. The number of halogens is 3. The highest BCUT2D eigenvalue weighted by Crippen LogP contribution is 2.36. The molecule has 2 amide bonds. The largest absolute Gasteiger partial charge is 0.374 e. The Hall–Kier alpha value is -3.26. The van der Waals surface area contributed by atoms with Gasteiger partial charge in [-0.1, -0.05) is 48.9 Å². The molecule has 8 heteroatoms. The third-order valence-electron chi connectivity index (χ3n) is 4.94. The van der Waals surface area contributed by atoms with Crippen molar-refractivity contribution in [3.05, 3.63) is 84.7 Å². The van der Waals surface area contributed by atoms with Crippen LogP contribution >= 0.6 is 11.8 Å². The highest BCUT2D eigenvalue weighted by atomic mass is 32.2. The maximum absolute atomic E-state index is 14.0. The number of hydrogen-bond acceptors (Lipinski definition) is 3. The van der Waals surface area contributed by atoms with E-state index in [0.29, 0.717) is 31.4 Å². The zero-order valence-corrected chi connectivity index (χ0v) is 19.2. The van der Waals surface area contributed by atoms with Gasteiger partial charge in [0.05, 0.1) is 0 Å². The van der Waals surface area contributed by atoms with Crippen LogP contribution in [0, 0.1) is 5.82 Å². The van der Waals surface area contributed by atoms with Crippen LogP contribution in [0.4, 0.5) is 18.9 Å². The average molecular weight is 487 g/mol. The number of carbonyl (C=O) groups excluding carboxylic acids is 2. The van der Waals surface area contributed by atoms with Crippen LogP contribution in [0.1, 0.15) is 25.7 Å². The molecule has 0 saturated carbocycles. The second-order valence-corrected chi connectivity index (χ2v) is 8.82. The second kappa shape index (κ2) is 12.3. The smallest absolute Gasteiger partial charge is 0.350 e. The topological polar surface area (TPSA) is 58.2 Å². The summed E-state index contributed by atoms with van der Waals surface area (Å²) in [5, 5.41) is 1.43. The van der Waals surface area contributed by atoms with Crippen molar-refractivity contribution in [1.82, 2.24) is 5.32 Å². The number of unbranched alkanes of at least 4 members (excludes halogenated alkanes) is 2. The van der Waals surface area contributed by atoms with Crippen LogP contribution in [0.25, 0.3) is 11.1 Å². The molecule has 0 fully saturated rings. The van der Waals surface area contributed by atoms with Crippen LogP contribution in [0.5, 0.6) is 0 Å². The van der Waals surface area contributed by atoms with Crippen molar-refractivity contribution in [3.63, 3.8) is 0 Å². The lowest BCUT2D eigenvalue weighted by Crippen LogP contribution is -2.38. The van der Waals surface area contributed by atoms with Crippen LogP contribution in [0.2, 0.25) is 0 Å². The third-order valence-corrected chi connectivity index (χ3v) is 5.89. The Morgan fingerprint density at radius 3 is 2.26 bits per heavy atom. The minimum atomic E-state index is -3.66. The predicted molar refractivity (Wildman–Crippen MR) is 129 cm³/mol. The Balaban J connectivity index is 1.34. The molecule has 0 aliphatic rings. The highest BCUT2D eigenvalue weighted by Gasteiger charge is 2.39. The first-order chi connectivity index (χ1) is 16.3. The van der Waals surface area contributed by atoms with Crippen LogP contribution < -0.4 is 10.6 Å². The number of carbonyl (C=O) groups is 2. The number of amides is 2. The molecule has 0 atom stereocenters. The van der Waals surface area contributed by atoms with E-state index < -0.39 is 17.0 Å². The summed E-state index contributed by atoms with van der Waals surface area (Å²) in [5.74, 6) is -2.05. The summed E-state index contributed by atoms with van der Waals surface area (Å²) in [6, 6.07) is 22.0. The summed E-state index contributed by atoms with van der Waals surface area (Å²) in [7, 11) is 0. The number of nitrogens with one attached hydrogen (secondary N) is 2. The maximum atomic E-state index is 14.0. The molecule has 3 aromatic rings. The Kier molecular flexibility index (Phi) is 9.16. The Labute approximate surface area is 201 Å². The molecule has 0 unspecified atom stereocenters. The zero-order chi connectivity index (χ0) is 24.4. The fraction of sp³-hybridized carbons (Fsp3) is 0.231. The first-order valence-corrected chi connectivity index (χ1v) is 11.7. The number of anilines is 1. The summed E-state index contributed by atoms with van der Waals surface area (Å²) in [6.45, 7) is 0.0825. The molecule has 0 heterocycles. The van der Waals surface area contributed by atoms with Crippen LogP contribution in [0.15, 0.2) is 83.8 Å². The molecule has 0 aliphatic carbocycles. The van der Waals surface area contributed by atoms with Crippen molar-refractivity contribution in [2.75, 3.05) is 11.9 Å². The van der Waals surface area contributed by atoms with E-state index in [4.69, 9.17) is 0 Å². The molecule has 2 N–H and O–H groups in total. The lowest BCUT2D eigenvalue weighted by molar-refractivity contribution is -0.134. The van der Waals surface area contributed by atoms with Crippen molar-refractivity contribution < 1.29 is 22.8 Å². The van der Waals surface area contributed by atoms with E-state index in [1.807, 2.05) is 54.6 Å². The summed E-state index contributed by atoms with van der Waals surface area (Å²) in [6.07, 6.45) is 1.94. The Morgan fingerprint density at radius 1 is 0.824 bits per heavy atom. The quantitative estimate of drug-likeness (QED) is 0.241. The van der Waals surface area contributed by atoms with E-state index in [9.17, 15) is 22.8 Å². The average Bonchev–Trinajstić information content (AvgIpc) is 2.83. The second-order valence-electron chi connectivity index (χ2n) is 7.63. The van der Waals surface area contributed by atoms with Gasteiger partial charge in [0.1, 0.15) is 5.82 Å². The monoisotopic (exact) mass is 486 g/mol. The minimum Gasteiger partial charge on any atom is -0.350 e. The van der Waals surface area contributed by atoms with Gasteiger partial charge in [-0.05, 0) is 72.1 Å². The van der Waals surface area contributed by atoms with Gasteiger partial charge in [-0.25, -0.2) is 4.39 Å². The number of thioether (sulfide) groups is 1. The summed E-state index contributed by atoms with van der Waals surface area (Å²) < 4.78 is 41.0. The highest BCUT2D eigenvalue weighted by molar-refractivity contribution is 8.01. The summed E-state index contributed by atoms with van der Waals surface area (Å²) in [5.41, 5.74) is 2.77. The van der Waals surface area contributed by atoms with Gasteiger partial charge in [0, 0.05) is 23.5 Å². The molecular weight excluding hydrogens is 461 g/mol. The zero-order valence-electron chi connectivity index (χ0n) is 18.4. The van der Waals surface area contributed by atoms with Crippen LogP contribution in [-0.2, 0) is 9.59 Å². The van der Waals surface area contributed by atoms with E-state index >= 15 is 0 Å². The molecule has 178 valence electrons. The van der Waals surface area contributed by atoms with E-state index in [-0.39, 0.29) is 29.1 Å². The number of alkyl halides is 2. The molecule has 0 aromatic heterocycles. The fourth-order valence-electron chi connectivity index (χ4n) is 3.22. The molecule has 0 aliphatic heterocycles. The fourth-order valence-corrected chi connectivity index (χ4v) is 3.95. The first kappa shape index (κ1) is 25.4. The van der Waals surface area contributed by atoms with E-state index in [1.54, 1.807) is 0 Å². The predicted octanol–water partition coefficient (Wildman–Crippen LogP) is 6.49. The van der Waals surface area contributed by atoms with Gasteiger partial charge in [0.25, 0.3) is 0 Å². The van der Waals surface area contributed by atoms with Crippen molar-refractivity contribution in [1.29, 1.82) is 0 Å². The molecular formula is C26H25F3N2O2S. The Morgan fingerprint density at radius 2 is 1.53 bits per heavy atom. The van der Waals surface area contributed by atoms with Gasteiger partial charge in [-0.15, -0.1) is 0 Å². The van der Waals surface area contributed by atoms with Gasteiger partial charge in [0.15, 0.2) is 0 Å². The van der Waals surface area contributed by atoms with E-state index in [2.05, 4.69) is 10.6 Å². The normalized spacial score (nSPS) is 11.1. The molecule has 0 spiro atoms. The van der Waals surface area contributed by atoms with Crippen molar-refractivity contribution in [2.45, 2.75) is 35.8 Å². The molecule has 34 heavy (non-hydrogen) atoms. The maximum Gasteiger partial charge on any atom is 0.374 e. The number of rotatable bonds is 11. The SMILES string of the molecule is O=C(CCCCCNC(=O)C(F)(F)Sc1ccc(F)cc1)Nc1cccc(-c2ccccc2)c1. The standard InChI is InChI=1S/C26H25F3N2O2S/c27-21-13-15-23(16-14-21)34-26(28,29)25(33)30-17-6-2-5-12-24(32)31-22-11-7-10-20(18-22)19-8-3-1-4-9-19/h1,3-4,7-11,13-16,18H,2,5-6,12,17H2,(H,30,33)(H,31,32). The van der Waals surface area contributed by atoms with Crippen molar-refractivity contribution >= 4 is 29.3 Å². The summed E-state index contributed by atoms with van der Waals surface area (Å²) in [4.78, 5) is 24.1. The van der Waals surface area contributed by atoms with Gasteiger partial charge in [-0.2, -0.15) is 8.78 Å². The van der Waals surface area contributed by atoms with E-state index in [1.165, 1.54) is 12.1 Å². The van der Waals surface area contributed by atoms with Gasteiger partial charge >= 0.3 is 11.2 Å². The van der Waals surface area contributed by atoms with E-state index in [0.717, 1.165) is 23.3 Å². The molecule has 0 saturated heterocycles. The Bertz CT molecular complexity index is 1090. The van der Waals surface area contributed by atoms with Crippen LogP contribution in [0.3, 0.4) is 0 Å². The van der Waals surface area contributed by atoms with Gasteiger partial charge in [-0.3, -0.25) is 9.59 Å². The number of benzene rings is 3. The molecule has 3 aromatic carbocycles. The van der Waals surface area contributed by atoms with Crippen molar-refractivity contribution in [3.8, 4) is 11.1 Å². The summed E-state index contributed by atoms with van der Waals surface area (Å²) >= 11 is 0.0703. The molecule has 3 rings (SSSR count). The molecule has 0 radical (unpaired) electrons.